The van der Waals surface area contributed by atoms with Crippen LogP contribution in [0.2, 0.25) is 0 Å². The van der Waals surface area contributed by atoms with E-state index >= 15 is 0 Å². The van der Waals surface area contributed by atoms with Crippen LogP contribution in [0, 0.1) is 0 Å². The van der Waals surface area contributed by atoms with Crippen LogP contribution in [0.15, 0.2) is 24.5 Å². The normalized spacial score (nSPS) is 26.1. The van der Waals surface area contributed by atoms with E-state index in [4.69, 9.17) is 4.74 Å². The summed E-state index contributed by atoms with van der Waals surface area (Å²) in [5.74, 6) is 2.09. The fraction of sp³-hybridized carbons (Fsp3) is 0.625. The highest BCUT2D eigenvalue weighted by molar-refractivity contribution is 5.51. The molecule has 2 saturated heterocycles. The Kier molecular flexibility index (Phi) is 3.95. The molecule has 22 heavy (non-hydrogen) atoms. The van der Waals surface area contributed by atoms with E-state index in [1.807, 2.05) is 0 Å². The third kappa shape index (κ3) is 2.80. The number of ether oxygens (including phenoxy) is 1. The van der Waals surface area contributed by atoms with Crippen molar-refractivity contribution in [3.8, 4) is 0 Å². The Hall–Kier alpha value is -1.66. The van der Waals surface area contributed by atoms with Gasteiger partial charge in [0.05, 0.1) is 13.2 Å². The van der Waals surface area contributed by atoms with Crippen LogP contribution in [0.4, 0.5) is 11.6 Å². The van der Waals surface area contributed by atoms with E-state index in [0.717, 1.165) is 64.1 Å². The van der Waals surface area contributed by atoms with E-state index in [1.54, 1.807) is 6.33 Å². The fourth-order valence-electron chi connectivity index (χ4n) is 3.52. The van der Waals surface area contributed by atoms with Crippen LogP contribution in [0.3, 0.4) is 0 Å². The summed E-state index contributed by atoms with van der Waals surface area (Å²) < 4.78 is 5.42. The summed E-state index contributed by atoms with van der Waals surface area (Å²) in [5, 5.41) is 0. The number of aromatic nitrogens is 2. The van der Waals surface area contributed by atoms with Gasteiger partial charge in [-0.05, 0) is 6.42 Å². The molecule has 1 aromatic rings. The molecule has 0 bridgehead atoms. The van der Waals surface area contributed by atoms with E-state index < -0.39 is 0 Å². The first-order valence-corrected chi connectivity index (χ1v) is 8.19. The highest BCUT2D eigenvalue weighted by Gasteiger charge is 2.29. The zero-order valence-electron chi connectivity index (χ0n) is 12.9. The minimum Gasteiger partial charge on any atom is -0.378 e. The monoisotopic (exact) mass is 301 g/mol. The molecule has 0 unspecified atom stereocenters. The lowest BCUT2D eigenvalue weighted by Gasteiger charge is -2.28. The quantitative estimate of drug-likeness (QED) is 0.768. The van der Waals surface area contributed by atoms with Gasteiger partial charge in [-0.3, -0.25) is 4.90 Å². The van der Waals surface area contributed by atoms with E-state index in [9.17, 15) is 0 Å². The lowest BCUT2D eigenvalue weighted by Crippen LogP contribution is -2.37. The second-order valence-corrected chi connectivity index (χ2v) is 6.15. The minimum absolute atomic E-state index is 0.650. The number of hydrogen-bond donors (Lipinski definition) is 0. The fourth-order valence-corrected chi connectivity index (χ4v) is 3.52. The van der Waals surface area contributed by atoms with Gasteiger partial charge in [0, 0.05) is 51.4 Å². The molecule has 3 aliphatic heterocycles. The first-order chi connectivity index (χ1) is 10.9. The van der Waals surface area contributed by atoms with Crippen molar-refractivity contribution in [2.24, 2.45) is 0 Å². The van der Waals surface area contributed by atoms with Gasteiger partial charge in [0.15, 0.2) is 0 Å². The van der Waals surface area contributed by atoms with Gasteiger partial charge in [-0.1, -0.05) is 12.2 Å². The van der Waals surface area contributed by atoms with Gasteiger partial charge in [-0.15, -0.1) is 0 Å². The van der Waals surface area contributed by atoms with Gasteiger partial charge in [-0.2, -0.15) is 0 Å². The third-order valence-corrected chi connectivity index (χ3v) is 4.82. The molecule has 0 N–H and O–H groups in total. The Balaban J connectivity index is 1.44. The third-order valence-electron chi connectivity index (χ3n) is 4.82. The Morgan fingerprint density at radius 2 is 1.68 bits per heavy atom. The zero-order chi connectivity index (χ0) is 14.8. The second kappa shape index (κ2) is 6.22. The smallest absolute Gasteiger partial charge is 0.134 e. The van der Waals surface area contributed by atoms with Gasteiger partial charge in [0.2, 0.25) is 0 Å². The summed E-state index contributed by atoms with van der Waals surface area (Å²) in [5.41, 5.74) is 0. The van der Waals surface area contributed by atoms with Gasteiger partial charge < -0.3 is 14.5 Å². The first-order valence-electron chi connectivity index (χ1n) is 8.19. The number of hydrogen-bond acceptors (Lipinski definition) is 6. The van der Waals surface area contributed by atoms with Crippen molar-refractivity contribution in [1.29, 1.82) is 0 Å². The lowest BCUT2D eigenvalue weighted by molar-refractivity contribution is 0.122. The molecule has 3 aliphatic rings. The SMILES string of the molecule is C1=CCN([C@@H]2CCN(c3cc(N4CCOCC4)ncn3)C2)C1. The number of nitrogens with zero attached hydrogens (tertiary/aromatic N) is 5. The van der Waals surface area contributed by atoms with Crippen molar-refractivity contribution < 1.29 is 4.74 Å². The van der Waals surface area contributed by atoms with E-state index in [0.29, 0.717) is 6.04 Å². The summed E-state index contributed by atoms with van der Waals surface area (Å²) in [6.07, 6.45) is 7.46. The maximum atomic E-state index is 5.42. The molecule has 4 heterocycles. The van der Waals surface area contributed by atoms with E-state index in [1.165, 1.54) is 6.42 Å². The standard InChI is InChI=1S/C16H23N5O/c1-2-5-19(4-1)14-3-6-21(12-14)16-11-15(17-13-18-16)20-7-9-22-10-8-20/h1-2,11,13-14H,3-10,12H2/t14-/m1/s1. The predicted octanol–water partition coefficient (Wildman–Crippen LogP) is 0.764. The minimum atomic E-state index is 0.650. The van der Waals surface area contributed by atoms with Crippen LogP contribution in [0.1, 0.15) is 6.42 Å². The van der Waals surface area contributed by atoms with Crippen LogP contribution in [0.25, 0.3) is 0 Å². The maximum absolute atomic E-state index is 5.42. The molecule has 0 aliphatic carbocycles. The van der Waals surface area contributed by atoms with E-state index in [2.05, 4.69) is 42.9 Å². The lowest BCUT2D eigenvalue weighted by atomic mass is 10.2. The van der Waals surface area contributed by atoms with Crippen LogP contribution in [-0.2, 0) is 4.74 Å². The average Bonchev–Trinajstić information content (AvgIpc) is 3.27. The molecule has 6 nitrogen and oxygen atoms in total. The highest BCUT2D eigenvalue weighted by atomic mass is 16.5. The molecule has 4 rings (SSSR count). The van der Waals surface area contributed by atoms with Crippen molar-refractivity contribution in [2.45, 2.75) is 12.5 Å². The predicted molar refractivity (Wildman–Crippen MR) is 86.4 cm³/mol. The van der Waals surface area contributed by atoms with Gasteiger partial charge in [0.1, 0.15) is 18.0 Å². The molecular weight excluding hydrogens is 278 g/mol. The molecule has 1 aromatic heterocycles. The Morgan fingerprint density at radius 3 is 2.45 bits per heavy atom. The molecule has 0 amide bonds. The van der Waals surface area contributed by atoms with Crippen molar-refractivity contribution in [3.63, 3.8) is 0 Å². The van der Waals surface area contributed by atoms with Gasteiger partial charge in [-0.25, -0.2) is 9.97 Å². The molecule has 0 radical (unpaired) electrons. The van der Waals surface area contributed by atoms with Crippen LogP contribution >= 0.6 is 0 Å². The average molecular weight is 301 g/mol. The largest absolute Gasteiger partial charge is 0.378 e. The number of anilines is 2. The van der Waals surface area contributed by atoms with Gasteiger partial charge in [0.25, 0.3) is 0 Å². The van der Waals surface area contributed by atoms with E-state index in [-0.39, 0.29) is 0 Å². The maximum Gasteiger partial charge on any atom is 0.134 e. The number of morpholine rings is 1. The molecule has 118 valence electrons. The Labute approximate surface area is 131 Å². The molecule has 0 spiro atoms. The zero-order valence-corrected chi connectivity index (χ0v) is 12.9. The Morgan fingerprint density at radius 1 is 0.955 bits per heavy atom. The summed E-state index contributed by atoms with van der Waals surface area (Å²) >= 11 is 0. The van der Waals surface area contributed by atoms with Crippen molar-refractivity contribution in [1.82, 2.24) is 14.9 Å². The van der Waals surface area contributed by atoms with Crippen LogP contribution in [-0.4, -0.2) is 73.4 Å². The first kappa shape index (κ1) is 14.0. The van der Waals surface area contributed by atoms with Gasteiger partial charge >= 0.3 is 0 Å². The Bertz CT molecular complexity index is 535. The molecule has 0 saturated carbocycles. The summed E-state index contributed by atoms with van der Waals surface area (Å²) in [7, 11) is 0. The van der Waals surface area contributed by atoms with Crippen molar-refractivity contribution in [3.05, 3.63) is 24.5 Å². The molecule has 6 heteroatoms. The van der Waals surface area contributed by atoms with Crippen LogP contribution < -0.4 is 9.80 Å². The second-order valence-electron chi connectivity index (χ2n) is 6.15. The summed E-state index contributed by atoms with van der Waals surface area (Å²) in [4.78, 5) is 16.2. The molecule has 0 aromatic carbocycles. The molecule has 2 fully saturated rings. The van der Waals surface area contributed by atoms with Crippen LogP contribution in [0.5, 0.6) is 0 Å². The van der Waals surface area contributed by atoms with Crippen molar-refractivity contribution in [2.75, 3.05) is 62.3 Å². The van der Waals surface area contributed by atoms with Crippen molar-refractivity contribution >= 4 is 11.6 Å². The topological polar surface area (TPSA) is 44.7 Å². The molecule has 1 atom stereocenters. The summed E-state index contributed by atoms with van der Waals surface area (Å²) in [6, 6.07) is 2.78. The summed E-state index contributed by atoms with van der Waals surface area (Å²) in [6.45, 7) is 7.75. The highest BCUT2D eigenvalue weighted by Crippen LogP contribution is 2.24. The number of rotatable bonds is 3. The molecular formula is C16H23N5O.